The highest BCUT2D eigenvalue weighted by atomic mass is 19.2. The van der Waals surface area contributed by atoms with Crippen molar-refractivity contribution in [3.63, 3.8) is 0 Å². The van der Waals surface area contributed by atoms with Crippen molar-refractivity contribution in [2.24, 2.45) is 0 Å². The Bertz CT molecular complexity index is 1810. The van der Waals surface area contributed by atoms with E-state index in [1.54, 1.807) is 30.5 Å². The first kappa shape index (κ1) is 28.0. The summed E-state index contributed by atoms with van der Waals surface area (Å²) in [6, 6.07) is 20.7. The van der Waals surface area contributed by atoms with Gasteiger partial charge in [0.15, 0.2) is 0 Å². The second-order valence-electron chi connectivity index (χ2n) is 9.91. The minimum Gasteiger partial charge on any atom is -0.449 e. The summed E-state index contributed by atoms with van der Waals surface area (Å²) in [6.07, 6.45) is 0.242. The molecule has 1 aromatic heterocycles. The number of hydrogen-bond donors (Lipinski definition) is 2. The summed E-state index contributed by atoms with van der Waals surface area (Å²) in [6.45, 7) is -0.105. The molecule has 5 aromatic rings. The third-order valence-corrected chi connectivity index (χ3v) is 7.39. The number of hydrogen-bond acceptors (Lipinski definition) is 4. The average molecular weight is 593 g/mol. The van der Waals surface area contributed by atoms with Gasteiger partial charge in [-0.05, 0) is 33.9 Å². The molecule has 1 aliphatic carbocycles. The molecule has 218 valence electrons. The number of carbonyl (C=O) groups is 2. The molecule has 1 amide bonds. The molecule has 43 heavy (non-hydrogen) atoms. The fraction of sp³-hybridized carbons (Fsp3) is 0.125. The van der Waals surface area contributed by atoms with E-state index in [1.165, 1.54) is 0 Å². The highest BCUT2D eigenvalue weighted by molar-refractivity contribution is 5.87. The Balaban J connectivity index is 1.25. The van der Waals surface area contributed by atoms with Crippen molar-refractivity contribution in [2.45, 2.75) is 18.4 Å². The highest BCUT2D eigenvalue weighted by Gasteiger charge is 2.33. The Labute approximate surface area is 241 Å². The molecular formula is C32H21F5N2O4. The number of esters is 1. The molecule has 0 aliphatic heterocycles. The van der Waals surface area contributed by atoms with Crippen molar-refractivity contribution >= 4 is 23.0 Å². The van der Waals surface area contributed by atoms with E-state index in [0.717, 1.165) is 22.3 Å². The molecule has 1 atom stereocenters. The van der Waals surface area contributed by atoms with Gasteiger partial charge in [0.1, 0.15) is 12.6 Å². The summed E-state index contributed by atoms with van der Waals surface area (Å²) in [4.78, 5) is 29.1. The van der Waals surface area contributed by atoms with E-state index in [9.17, 15) is 31.5 Å². The van der Waals surface area contributed by atoms with E-state index >= 15 is 0 Å². The van der Waals surface area contributed by atoms with Gasteiger partial charge in [-0.1, -0.05) is 66.7 Å². The number of benzene rings is 4. The van der Waals surface area contributed by atoms with Gasteiger partial charge in [0, 0.05) is 29.4 Å². The zero-order valence-corrected chi connectivity index (χ0v) is 22.1. The first-order valence-electron chi connectivity index (χ1n) is 13.1. The van der Waals surface area contributed by atoms with E-state index in [-0.39, 0.29) is 18.9 Å². The molecule has 1 heterocycles. The molecule has 1 unspecified atom stereocenters. The normalized spacial score (nSPS) is 13.0. The van der Waals surface area contributed by atoms with Crippen LogP contribution < -0.4 is 10.1 Å². The van der Waals surface area contributed by atoms with Gasteiger partial charge in [0.2, 0.25) is 34.8 Å². The molecule has 6 nitrogen and oxygen atoms in total. The monoisotopic (exact) mass is 592 g/mol. The lowest BCUT2D eigenvalue weighted by atomic mass is 9.98. The lowest BCUT2D eigenvalue weighted by molar-refractivity contribution is -0.137. The number of aromatic nitrogens is 1. The van der Waals surface area contributed by atoms with E-state index in [0.29, 0.717) is 16.5 Å². The van der Waals surface area contributed by atoms with Gasteiger partial charge >= 0.3 is 12.1 Å². The van der Waals surface area contributed by atoms with Crippen LogP contribution in [-0.4, -0.2) is 29.7 Å². The Kier molecular flexibility index (Phi) is 7.31. The maximum atomic E-state index is 14.3. The SMILES string of the molecule is O=C(NC(Cc1c[nH]c2ccccc12)C(=O)Oc1c(F)c(F)c(F)c(F)c1F)OCC1c2ccccc2-c2ccccc21. The van der Waals surface area contributed by atoms with Crippen molar-refractivity contribution in [3.8, 4) is 16.9 Å². The summed E-state index contributed by atoms with van der Waals surface area (Å²) < 4.78 is 79.8. The van der Waals surface area contributed by atoms with E-state index in [4.69, 9.17) is 4.74 Å². The molecule has 0 radical (unpaired) electrons. The smallest absolute Gasteiger partial charge is 0.407 e. The van der Waals surface area contributed by atoms with Crippen molar-refractivity contribution in [1.29, 1.82) is 0 Å². The maximum absolute atomic E-state index is 14.3. The Morgan fingerprint density at radius 3 is 1.98 bits per heavy atom. The van der Waals surface area contributed by atoms with Crippen LogP contribution in [0.2, 0.25) is 0 Å². The number of carbonyl (C=O) groups excluding carboxylic acids is 2. The Hall–Kier alpha value is -5.19. The number of fused-ring (bicyclic) bond motifs is 4. The van der Waals surface area contributed by atoms with Gasteiger partial charge in [0.25, 0.3) is 0 Å². The molecule has 0 saturated heterocycles. The van der Waals surface area contributed by atoms with Crippen LogP contribution in [0.1, 0.15) is 22.6 Å². The van der Waals surface area contributed by atoms with Crippen molar-refractivity contribution in [3.05, 3.63) is 125 Å². The number of aromatic amines is 1. The molecule has 4 aromatic carbocycles. The fourth-order valence-corrected chi connectivity index (χ4v) is 5.34. The van der Waals surface area contributed by atoms with Crippen molar-refractivity contribution < 1.29 is 41.0 Å². The Morgan fingerprint density at radius 1 is 0.767 bits per heavy atom. The largest absolute Gasteiger partial charge is 0.449 e. The molecule has 0 bridgehead atoms. The number of nitrogens with one attached hydrogen (secondary N) is 2. The standard InChI is InChI=1S/C32H21F5N2O4/c33-25-26(34)28(36)30(29(37)27(25)35)43-31(40)24(13-16-14-38-23-12-6-5-7-17(16)23)39-32(41)42-15-22-20-10-3-1-8-18(20)19-9-2-4-11-21(19)22/h1-12,14,22,24,38H,13,15H2,(H,39,41). The second-order valence-corrected chi connectivity index (χ2v) is 9.91. The number of rotatable bonds is 7. The first-order chi connectivity index (χ1) is 20.7. The van der Waals surface area contributed by atoms with E-state index in [1.807, 2.05) is 48.5 Å². The topological polar surface area (TPSA) is 80.4 Å². The molecule has 6 rings (SSSR count). The van der Waals surface area contributed by atoms with Crippen LogP contribution in [0, 0.1) is 29.1 Å². The molecule has 0 saturated carbocycles. The molecule has 1 aliphatic rings. The summed E-state index contributed by atoms with van der Waals surface area (Å²) in [5, 5.41) is 3.01. The summed E-state index contributed by atoms with van der Waals surface area (Å²) in [5.41, 5.74) is 5.08. The van der Waals surface area contributed by atoms with Crippen molar-refractivity contribution in [1.82, 2.24) is 10.3 Å². The Morgan fingerprint density at radius 2 is 1.33 bits per heavy atom. The molecule has 0 fully saturated rings. The van der Waals surface area contributed by atoms with Crippen LogP contribution in [-0.2, 0) is 16.0 Å². The van der Waals surface area contributed by atoms with Crippen LogP contribution in [0.5, 0.6) is 5.75 Å². The highest BCUT2D eigenvalue weighted by Crippen LogP contribution is 2.44. The lowest BCUT2D eigenvalue weighted by Crippen LogP contribution is -2.45. The fourth-order valence-electron chi connectivity index (χ4n) is 5.34. The number of halogens is 5. The molecule has 11 heteroatoms. The zero-order chi connectivity index (χ0) is 30.2. The summed E-state index contributed by atoms with van der Waals surface area (Å²) >= 11 is 0. The number of H-pyrrole nitrogens is 1. The number of alkyl carbamates (subject to hydrolysis) is 1. The number of para-hydroxylation sites is 1. The van der Waals surface area contributed by atoms with Crippen molar-refractivity contribution in [2.75, 3.05) is 6.61 Å². The molecule has 2 N–H and O–H groups in total. The van der Waals surface area contributed by atoms with Gasteiger partial charge < -0.3 is 19.8 Å². The van der Waals surface area contributed by atoms with Crippen LogP contribution >= 0.6 is 0 Å². The average Bonchev–Trinajstić information content (AvgIpc) is 3.58. The first-order valence-corrected chi connectivity index (χ1v) is 13.1. The number of amides is 1. The van der Waals surface area contributed by atoms with E-state index in [2.05, 4.69) is 15.0 Å². The van der Waals surface area contributed by atoms with Crippen LogP contribution in [0.4, 0.5) is 26.7 Å². The zero-order valence-electron chi connectivity index (χ0n) is 22.1. The molecular weight excluding hydrogens is 571 g/mol. The lowest BCUT2D eigenvalue weighted by Gasteiger charge is -2.19. The summed E-state index contributed by atoms with van der Waals surface area (Å²) in [7, 11) is 0. The minimum absolute atomic E-state index is 0.105. The van der Waals surface area contributed by atoms with Crippen LogP contribution in [0.3, 0.4) is 0 Å². The van der Waals surface area contributed by atoms with E-state index < -0.39 is 52.9 Å². The number of ether oxygens (including phenoxy) is 2. The van der Waals surface area contributed by atoms with Gasteiger partial charge in [-0.25, -0.2) is 22.8 Å². The molecule has 0 spiro atoms. The van der Waals surface area contributed by atoms with Crippen LogP contribution in [0.25, 0.3) is 22.0 Å². The van der Waals surface area contributed by atoms with Gasteiger partial charge in [-0.15, -0.1) is 0 Å². The summed E-state index contributed by atoms with van der Waals surface area (Å²) in [5.74, 6) is -15.2. The second kappa shape index (κ2) is 11.2. The van der Waals surface area contributed by atoms with Gasteiger partial charge in [-0.3, -0.25) is 0 Å². The van der Waals surface area contributed by atoms with Crippen LogP contribution in [0.15, 0.2) is 79.0 Å². The minimum atomic E-state index is -2.40. The quantitative estimate of drug-likeness (QED) is 0.0707. The predicted molar refractivity (Wildman–Crippen MR) is 146 cm³/mol. The third-order valence-electron chi connectivity index (χ3n) is 7.39. The van der Waals surface area contributed by atoms with Gasteiger partial charge in [0.05, 0.1) is 0 Å². The predicted octanol–water partition coefficient (Wildman–Crippen LogP) is 6.92. The third kappa shape index (κ3) is 5.07. The maximum Gasteiger partial charge on any atom is 0.407 e. The van der Waals surface area contributed by atoms with Gasteiger partial charge in [-0.2, -0.15) is 8.78 Å².